The van der Waals surface area contributed by atoms with Crippen molar-refractivity contribution in [3.05, 3.63) is 0 Å². The smallest absolute Gasteiger partial charge is 0.306 e. The Labute approximate surface area is 393 Å². The third-order valence-electron chi connectivity index (χ3n) is 13.1. The molecule has 0 aliphatic rings. The molecule has 0 spiro atoms. The van der Waals surface area contributed by atoms with Crippen LogP contribution in [0.3, 0.4) is 0 Å². The Balaban J connectivity index is 4.30. The molecule has 0 N–H and O–H groups in total. The lowest BCUT2D eigenvalue weighted by Gasteiger charge is -2.18. The summed E-state index contributed by atoms with van der Waals surface area (Å²) in [7, 11) is 0. The first-order chi connectivity index (χ1) is 31.0. The molecule has 0 saturated heterocycles. The Morgan fingerprint density at radius 2 is 0.429 bits per heavy atom. The van der Waals surface area contributed by atoms with Gasteiger partial charge in [-0.05, 0) is 19.3 Å². The van der Waals surface area contributed by atoms with Gasteiger partial charge in [-0.2, -0.15) is 0 Å². The summed E-state index contributed by atoms with van der Waals surface area (Å²) in [5, 5.41) is 0. The van der Waals surface area contributed by atoms with E-state index in [1.165, 1.54) is 231 Å². The Kier molecular flexibility index (Phi) is 51.7. The van der Waals surface area contributed by atoms with Gasteiger partial charge in [0.1, 0.15) is 13.2 Å². The molecule has 0 bridgehead atoms. The second-order valence-corrected chi connectivity index (χ2v) is 19.6. The molecule has 0 radical (unpaired) electrons. The molecular weight excluding hydrogens is 781 g/mol. The largest absolute Gasteiger partial charge is 0.462 e. The zero-order valence-electron chi connectivity index (χ0n) is 42.9. The number of carbonyl (C=O) groups excluding carboxylic acids is 3. The van der Waals surface area contributed by atoms with Gasteiger partial charge in [0.25, 0.3) is 0 Å². The maximum absolute atomic E-state index is 12.8. The molecule has 0 amide bonds. The predicted molar refractivity (Wildman–Crippen MR) is 270 cm³/mol. The normalized spacial score (nSPS) is 11.9. The van der Waals surface area contributed by atoms with Crippen LogP contribution in [0.5, 0.6) is 0 Å². The fraction of sp³-hybridized carbons (Fsp3) is 0.947. The summed E-state index contributed by atoms with van der Waals surface area (Å²) in [5.41, 5.74) is 0. The van der Waals surface area contributed by atoms with Gasteiger partial charge in [0.15, 0.2) is 6.10 Å². The van der Waals surface area contributed by atoms with E-state index in [0.717, 1.165) is 57.8 Å². The van der Waals surface area contributed by atoms with Crippen LogP contribution in [0.25, 0.3) is 0 Å². The summed E-state index contributed by atoms with van der Waals surface area (Å²) in [6.45, 7) is 6.71. The van der Waals surface area contributed by atoms with E-state index in [9.17, 15) is 14.4 Å². The van der Waals surface area contributed by atoms with Crippen LogP contribution >= 0.6 is 0 Å². The molecule has 0 aromatic rings. The zero-order chi connectivity index (χ0) is 45.8. The van der Waals surface area contributed by atoms with Crippen LogP contribution in [-0.4, -0.2) is 37.2 Å². The number of hydrogen-bond donors (Lipinski definition) is 0. The van der Waals surface area contributed by atoms with Gasteiger partial charge in [-0.1, -0.05) is 290 Å². The molecule has 1 atom stereocenters. The minimum Gasteiger partial charge on any atom is -0.462 e. The molecule has 63 heavy (non-hydrogen) atoms. The highest BCUT2D eigenvalue weighted by molar-refractivity contribution is 5.71. The summed E-state index contributed by atoms with van der Waals surface area (Å²) >= 11 is 0. The fourth-order valence-electron chi connectivity index (χ4n) is 8.80. The number of esters is 3. The number of rotatable bonds is 53. The Bertz CT molecular complexity index is 936. The van der Waals surface area contributed by atoms with Gasteiger partial charge >= 0.3 is 17.9 Å². The van der Waals surface area contributed by atoms with Crippen molar-refractivity contribution in [2.24, 2.45) is 0 Å². The number of carbonyl (C=O) groups is 3. The Morgan fingerprint density at radius 3 is 0.635 bits per heavy atom. The van der Waals surface area contributed by atoms with Crippen LogP contribution in [0.1, 0.15) is 329 Å². The molecule has 0 heterocycles. The molecule has 374 valence electrons. The topological polar surface area (TPSA) is 78.9 Å². The van der Waals surface area contributed by atoms with E-state index in [2.05, 4.69) is 20.8 Å². The van der Waals surface area contributed by atoms with E-state index in [0.29, 0.717) is 19.3 Å². The maximum Gasteiger partial charge on any atom is 0.306 e. The standard InChI is InChI=1S/C57H110O6/c1-4-7-10-13-16-19-22-25-28-30-33-36-39-42-45-48-51-57(60)63-54(52-61-55(58)49-46-43-40-37-34-31-27-24-21-18-15-12-9-6-3)53-62-56(59)50-47-44-41-38-35-32-29-26-23-20-17-14-11-8-5-2/h54H,4-53H2,1-3H3/t54-/m1/s1. The maximum atomic E-state index is 12.8. The average molecular weight is 892 g/mol. The Morgan fingerprint density at radius 1 is 0.254 bits per heavy atom. The van der Waals surface area contributed by atoms with Gasteiger partial charge in [0.05, 0.1) is 0 Å². The summed E-state index contributed by atoms with van der Waals surface area (Å²) in [6.07, 6.45) is 58.0. The second kappa shape index (κ2) is 53.0. The van der Waals surface area contributed by atoms with Crippen LogP contribution in [0.15, 0.2) is 0 Å². The third-order valence-corrected chi connectivity index (χ3v) is 13.1. The van der Waals surface area contributed by atoms with Crippen molar-refractivity contribution in [3.63, 3.8) is 0 Å². The molecule has 0 rings (SSSR count). The molecule has 0 aliphatic carbocycles. The van der Waals surface area contributed by atoms with Crippen molar-refractivity contribution >= 4 is 17.9 Å². The van der Waals surface area contributed by atoms with Crippen molar-refractivity contribution in [1.29, 1.82) is 0 Å². The van der Waals surface area contributed by atoms with Crippen molar-refractivity contribution in [2.75, 3.05) is 13.2 Å². The summed E-state index contributed by atoms with van der Waals surface area (Å²) < 4.78 is 16.9. The zero-order valence-corrected chi connectivity index (χ0v) is 42.9. The molecule has 0 fully saturated rings. The van der Waals surface area contributed by atoms with Crippen molar-refractivity contribution in [2.45, 2.75) is 335 Å². The summed E-state index contributed by atoms with van der Waals surface area (Å²) in [4.78, 5) is 38.1. The first-order valence-electron chi connectivity index (χ1n) is 28.5. The predicted octanol–water partition coefficient (Wildman–Crippen LogP) is 18.8. The van der Waals surface area contributed by atoms with Crippen LogP contribution in [0.4, 0.5) is 0 Å². The van der Waals surface area contributed by atoms with E-state index in [1.807, 2.05) is 0 Å². The number of hydrogen-bond acceptors (Lipinski definition) is 6. The average Bonchev–Trinajstić information content (AvgIpc) is 3.28. The van der Waals surface area contributed by atoms with E-state index < -0.39 is 6.10 Å². The molecule has 0 saturated carbocycles. The molecule has 6 nitrogen and oxygen atoms in total. The first kappa shape index (κ1) is 61.4. The van der Waals surface area contributed by atoms with Gasteiger partial charge in [-0.3, -0.25) is 14.4 Å². The van der Waals surface area contributed by atoms with Gasteiger partial charge in [0.2, 0.25) is 0 Å². The number of ether oxygens (including phenoxy) is 3. The molecule has 0 aromatic heterocycles. The summed E-state index contributed by atoms with van der Waals surface area (Å²) in [5.74, 6) is -0.832. The van der Waals surface area contributed by atoms with Crippen LogP contribution in [0, 0.1) is 0 Å². The lowest BCUT2D eigenvalue weighted by Crippen LogP contribution is -2.30. The summed E-state index contributed by atoms with van der Waals surface area (Å²) in [6, 6.07) is 0. The van der Waals surface area contributed by atoms with Gasteiger partial charge in [-0.15, -0.1) is 0 Å². The monoisotopic (exact) mass is 891 g/mol. The van der Waals surface area contributed by atoms with Gasteiger partial charge < -0.3 is 14.2 Å². The van der Waals surface area contributed by atoms with Crippen molar-refractivity contribution in [1.82, 2.24) is 0 Å². The molecule has 0 aliphatic heterocycles. The third kappa shape index (κ3) is 51.3. The van der Waals surface area contributed by atoms with Crippen LogP contribution in [0.2, 0.25) is 0 Å². The molecular formula is C57H110O6. The minimum atomic E-state index is -0.760. The lowest BCUT2D eigenvalue weighted by molar-refractivity contribution is -0.167. The van der Waals surface area contributed by atoms with Gasteiger partial charge in [-0.25, -0.2) is 0 Å². The highest BCUT2D eigenvalue weighted by atomic mass is 16.6. The highest BCUT2D eigenvalue weighted by Gasteiger charge is 2.19. The van der Waals surface area contributed by atoms with Crippen molar-refractivity contribution in [3.8, 4) is 0 Å². The second-order valence-electron chi connectivity index (χ2n) is 19.6. The van der Waals surface area contributed by atoms with E-state index in [4.69, 9.17) is 14.2 Å². The van der Waals surface area contributed by atoms with Crippen LogP contribution in [-0.2, 0) is 28.6 Å². The molecule has 6 heteroatoms. The highest BCUT2D eigenvalue weighted by Crippen LogP contribution is 2.17. The van der Waals surface area contributed by atoms with E-state index in [-0.39, 0.29) is 31.1 Å². The first-order valence-corrected chi connectivity index (χ1v) is 28.5. The van der Waals surface area contributed by atoms with Gasteiger partial charge in [0, 0.05) is 19.3 Å². The Hall–Kier alpha value is -1.59. The van der Waals surface area contributed by atoms with Crippen LogP contribution < -0.4 is 0 Å². The fourth-order valence-corrected chi connectivity index (χ4v) is 8.80. The molecule has 0 aromatic carbocycles. The SMILES string of the molecule is CCCCCCCCCCCCCCCCCCC(=O)O[C@H](COC(=O)CCCCCCCCCCCCCCCC)COC(=O)CCCCCCCCCCCCCCCCC. The molecule has 0 unspecified atom stereocenters. The lowest BCUT2D eigenvalue weighted by atomic mass is 10.0. The van der Waals surface area contributed by atoms with E-state index >= 15 is 0 Å². The van der Waals surface area contributed by atoms with E-state index in [1.54, 1.807) is 0 Å². The number of unbranched alkanes of at least 4 members (excludes halogenated alkanes) is 42. The quantitative estimate of drug-likeness (QED) is 0.0344. The minimum absolute atomic E-state index is 0.0611. The van der Waals surface area contributed by atoms with Crippen molar-refractivity contribution < 1.29 is 28.6 Å².